The average molecular weight is 294 g/mol. The maximum atomic E-state index is 12.2. The molecule has 1 aliphatic heterocycles. The first-order chi connectivity index (χ1) is 10.0. The summed E-state index contributed by atoms with van der Waals surface area (Å²) in [6.45, 7) is 6.76. The van der Waals surface area contributed by atoms with Crippen LogP contribution in [0.15, 0.2) is 0 Å². The van der Waals surface area contributed by atoms with Gasteiger partial charge in [0.15, 0.2) is 0 Å². The third-order valence-corrected chi connectivity index (χ3v) is 3.66. The molecule has 1 aromatic rings. The number of carbonyl (C=O) groups excluding carboxylic acids is 2. The SMILES string of the molecule is CCOC(=O)C1CCCN1CC(=O)Nc1c(C)n[nH]c1C. The Labute approximate surface area is 124 Å². The Morgan fingerprint density at radius 1 is 1.48 bits per heavy atom. The fraction of sp³-hybridized carbons (Fsp3) is 0.643. The second-order valence-corrected chi connectivity index (χ2v) is 5.24. The number of amides is 1. The van der Waals surface area contributed by atoms with Crippen molar-refractivity contribution in [1.82, 2.24) is 15.1 Å². The van der Waals surface area contributed by atoms with Crippen molar-refractivity contribution < 1.29 is 14.3 Å². The minimum atomic E-state index is -0.303. The van der Waals surface area contributed by atoms with Gasteiger partial charge in [-0.05, 0) is 40.2 Å². The lowest BCUT2D eigenvalue weighted by atomic mass is 10.2. The molecule has 1 aliphatic rings. The molecule has 0 aliphatic carbocycles. The summed E-state index contributed by atoms with van der Waals surface area (Å²) in [5.74, 6) is -0.378. The molecule has 21 heavy (non-hydrogen) atoms. The number of aryl methyl sites for hydroxylation is 2. The number of H-pyrrole nitrogens is 1. The maximum absolute atomic E-state index is 12.2. The van der Waals surface area contributed by atoms with E-state index in [1.165, 1.54) is 0 Å². The molecule has 7 heteroatoms. The number of hydrogen-bond donors (Lipinski definition) is 2. The predicted molar refractivity (Wildman–Crippen MR) is 77.9 cm³/mol. The highest BCUT2D eigenvalue weighted by molar-refractivity contribution is 5.93. The standard InChI is InChI=1S/C14H22N4O3/c1-4-21-14(20)11-6-5-7-18(11)8-12(19)15-13-9(2)16-17-10(13)3/h11H,4-8H2,1-3H3,(H,15,19)(H,16,17). The maximum Gasteiger partial charge on any atom is 0.323 e. The first-order valence-corrected chi connectivity index (χ1v) is 7.25. The number of ether oxygens (including phenoxy) is 1. The Bertz CT molecular complexity index is 507. The number of esters is 1. The van der Waals surface area contributed by atoms with Crippen LogP contribution in [0.1, 0.15) is 31.2 Å². The summed E-state index contributed by atoms with van der Waals surface area (Å²) in [4.78, 5) is 25.9. The van der Waals surface area contributed by atoms with E-state index in [1.54, 1.807) is 6.92 Å². The van der Waals surface area contributed by atoms with Crippen molar-refractivity contribution in [3.05, 3.63) is 11.4 Å². The van der Waals surface area contributed by atoms with Crippen LogP contribution < -0.4 is 5.32 Å². The molecule has 2 N–H and O–H groups in total. The average Bonchev–Trinajstić information content (AvgIpc) is 3.01. The molecule has 116 valence electrons. The number of hydrogen-bond acceptors (Lipinski definition) is 5. The minimum Gasteiger partial charge on any atom is -0.465 e. The van der Waals surface area contributed by atoms with Gasteiger partial charge >= 0.3 is 5.97 Å². The van der Waals surface area contributed by atoms with Crippen molar-refractivity contribution in [2.75, 3.05) is 25.0 Å². The van der Waals surface area contributed by atoms with Crippen LogP contribution in [0.2, 0.25) is 0 Å². The number of aromatic amines is 1. The molecule has 1 aromatic heterocycles. The van der Waals surface area contributed by atoms with Gasteiger partial charge in [-0.25, -0.2) is 0 Å². The Morgan fingerprint density at radius 3 is 2.86 bits per heavy atom. The molecule has 0 saturated carbocycles. The van der Waals surface area contributed by atoms with Crippen LogP contribution in [0.5, 0.6) is 0 Å². The minimum absolute atomic E-state index is 0.140. The highest BCUT2D eigenvalue weighted by Gasteiger charge is 2.33. The molecular weight excluding hydrogens is 272 g/mol. The van der Waals surface area contributed by atoms with Gasteiger partial charge in [-0.15, -0.1) is 0 Å². The predicted octanol–water partition coefficient (Wildman–Crippen LogP) is 0.993. The zero-order valence-electron chi connectivity index (χ0n) is 12.7. The number of carbonyl (C=O) groups is 2. The fourth-order valence-corrected chi connectivity index (χ4v) is 2.62. The summed E-state index contributed by atoms with van der Waals surface area (Å²) in [5, 5.41) is 9.72. The van der Waals surface area contributed by atoms with E-state index in [9.17, 15) is 9.59 Å². The number of nitrogens with one attached hydrogen (secondary N) is 2. The van der Waals surface area contributed by atoms with E-state index in [4.69, 9.17) is 4.74 Å². The molecule has 2 rings (SSSR count). The molecule has 1 fully saturated rings. The summed E-state index contributed by atoms with van der Waals surface area (Å²) in [5.41, 5.74) is 2.29. The van der Waals surface area contributed by atoms with Crippen molar-refractivity contribution in [1.29, 1.82) is 0 Å². The van der Waals surface area contributed by atoms with Gasteiger partial charge in [0.2, 0.25) is 5.91 Å². The molecule has 1 amide bonds. The van der Waals surface area contributed by atoms with E-state index in [0.29, 0.717) is 12.3 Å². The molecule has 2 heterocycles. The quantitative estimate of drug-likeness (QED) is 0.791. The van der Waals surface area contributed by atoms with Crippen molar-refractivity contribution in [2.45, 2.75) is 39.7 Å². The van der Waals surface area contributed by atoms with Gasteiger partial charge in [0.05, 0.1) is 30.2 Å². The van der Waals surface area contributed by atoms with Gasteiger partial charge in [-0.3, -0.25) is 19.6 Å². The molecule has 1 unspecified atom stereocenters. The lowest BCUT2D eigenvalue weighted by Crippen LogP contribution is -2.41. The number of likely N-dealkylation sites (tertiary alicyclic amines) is 1. The van der Waals surface area contributed by atoms with Crippen molar-refractivity contribution in [3.8, 4) is 0 Å². The van der Waals surface area contributed by atoms with Crippen LogP contribution in [-0.4, -0.2) is 52.7 Å². The van der Waals surface area contributed by atoms with Crippen LogP contribution >= 0.6 is 0 Å². The van der Waals surface area contributed by atoms with Gasteiger partial charge in [-0.2, -0.15) is 5.10 Å². The summed E-state index contributed by atoms with van der Waals surface area (Å²) in [6.07, 6.45) is 1.65. The van der Waals surface area contributed by atoms with Crippen LogP contribution in [0, 0.1) is 13.8 Å². The van der Waals surface area contributed by atoms with Crippen LogP contribution in [0.3, 0.4) is 0 Å². The summed E-state index contributed by atoms with van der Waals surface area (Å²) in [6, 6.07) is -0.303. The Morgan fingerprint density at radius 2 is 2.24 bits per heavy atom. The topological polar surface area (TPSA) is 87.3 Å². The second-order valence-electron chi connectivity index (χ2n) is 5.24. The van der Waals surface area contributed by atoms with Gasteiger partial charge < -0.3 is 10.1 Å². The first kappa shape index (κ1) is 15.5. The third kappa shape index (κ3) is 3.60. The molecule has 0 bridgehead atoms. The lowest BCUT2D eigenvalue weighted by Gasteiger charge is -2.22. The van der Waals surface area contributed by atoms with E-state index in [-0.39, 0.29) is 24.5 Å². The molecule has 0 aromatic carbocycles. The molecule has 1 atom stereocenters. The summed E-state index contributed by atoms with van der Waals surface area (Å²) < 4.78 is 5.05. The Kier molecular flexibility index (Phi) is 4.95. The van der Waals surface area contributed by atoms with Crippen LogP contribution in [0.4, 0.5) is 5.69 Å². The molecule has 1 saturated heterocycles. The highest BCUT2D eigenvalue weighted by Crippen LogP contribution is 2.19. The third-order valence-electron chi connectivity index (χ3n) is 3.66. The zero-order valence-corrected chi connectivity index (χ0v) is 12.7. The van der Waals surface area contributed by atoms with Gasteiger partial charge in [0.25, 0.3) is 0 Å². The smallest absolute Gasteiger partial charge is 0.323 e. The van der Waals surface area contributed by atoms with Crippen molar-refractivity contribution >= 4 is 17.6 Å². The first-order valence-electron chi connectivity index (χ1n) is 7.25. The monoisotopic (exact) mass is 294 g/mol. The largest absolute Gasteiger partial charge is 0.465 e. The molecule has 0 radical (unpaired) electrons. The Hall–Kier alpha value is -1.89. The van der Waals surface area contributed by atoms with Gasteiger partial charge in [0, 0.05) is 0 Å². The van der Waals surface area contributed by atoms with E-state index >= 15 is 0 Å². The van der Waals surface area contributed by atoms with Gasteiger partial charge in [-0.1, -0.05) is 0 Å². The number of rotatable bonds is 5. The van der Waals surface area contributed by atoms with E-state index in [0.717, 1.165) is 30.8 Å². The second kappa shape index (κ2) is 6.71. The van der Waals surface area contributed by atoms with Crippen molar-refractivity contribution in [2.24, 2.45) is 0 Å². The van der Waals surface area contributed by atoms with Gasteiger partial charge in [0.1, 0.15) is 6.04 Å². The molecular formula is C14H22N4O3. The molecule has 0 spiro atoms. The zero-order chi connectivity index (χ0) is 15.4. The normalized spacial score (nSPS) is 18.7. The van der Waals surface area contributed by atoms with Crippen molar-refractivity contribution in [3.63, 3.8) is 0 Å². The fourth-order valence-electron chi connectivity index (χ4n) is 2.62. The van der Waals surface area contributed by atoms with E-state index in [2.05, 4.69) is 15.5 Å². The summed E-state index contributed by atoms with van der Waals surface area (Å²) in [7, 11) is 0. The number of anilines is 1. The van der Waals surface area contributed by atoms with Crippen LogP contribution in [-0.2, 0) is 14.3 Å². The number of aromatic nitrogens is 2. The summed E-state index contributed by atoms with van der Waals surface area (Å²) >= 11 is 0. The van der Waals surface area contributed by atoms with Crippen LogP contribution in [0.25, 0.3) is 0 Å². The lowest BCUT2D eigenvalue weighted by molar-refractivity contribution is -0.148. The Balaban J connectivity index is 1.94. The van der Waals surface area contributed by atoms with E-state index < -0.39 is 0 Å². The highest BCUT2D eigenvalue weighted by atomic mass is 16.5. The molecule has 7 nitrogen and oxygen atoms in total. The number of nitrogens with zero attached hydrogens (tertiary/aromatic N) is 2. The van der Waals surface area contributed by atoms with E-state index in [1.807, 2.05) is 18.7 Å².